The molecule has 4 aromatic rings. The van der Waals surface area contributed by atoms with E-state index < -0.39 is 0 Å². The average molecular weight is 444 g/mol. The van der Waals surface area contributed by atoms with Crippen molar-refractivity contribution in [3.63, 3.8) is 0 Å². The molecular weight excluding hydrogens is 414 g/mol. The van der Waals surface area contributed by atoms with E-state index in [1.165, 1.54) is 36.2 Å². The number of hydrogen-bond acceptors (Lipinski definition) is 4. The van der Waals surface area contributed by atoms with Crippen LogP contribution in [0.15, 0.2) is 70.8 Å². The molecule has 0 aliphatic carbocycles. The zero-order valence-electron chi connectivity index (χ0n) is 18.7. The SMILES string of the molecule is CC1CCCC(C)N1CCn1c(-c2ccc(-c3ccccc3)cc2)nc2ccsc2c1=O. The van der Waals surface area contributed by atoms with Crippen molar-refractivity contribution < 1.29 is 0 Å². The van der Waals surface area contributed by atoms with Gasteiger partial charge in [-0.3, -0.25) is 14.3 Å². The molecule has 164 valence electrons. The first-order valence-corrected chi connectivity index (χ1v) is 12.4. The van der Waals surface area contributed by atoms with Crippen LogP contribution in [0.2, 0.25) is 0 Å². The van der Waals surface area contributed by atoms with Crippen LogP contribution >= 0.6 is 11.3 Å². The van der Waals surface area contributed by atoms with Gasteiger partial charge in [0.15, 0.2) is 0 Å². The first-order chi connectivity index (χ1) is 15.6. The standard InChI is InChI=1S/C27H29N3OS/c1-19-7-6-8-20(2)29(19)16-17-30-26(28-24-15-18-32-25(24)27(30)31)23-13-11-22(12-14-23)21-9-4-3-5-10-21/h3-5,9-15,18-20H,6-8,16-17H2,1-2H3. The Morgan fingerprint density at radius 1 is 0.875 bits per heavy atom. The van der Waals surface area contributed by atoms with Crippen molar-refractivity contribution in [2.75, 3.05) is 6.54 Å². The maximum Gasteiger partial charge on any atom is 0.271 e. The van der Waals surface area contributed by atoms with E-state index in [9.17, 15) is 4.79 Å². The summed E-state index contributed by atoms with van der Waals surface area (Å²) in [5.74, 6) is 0.762. The van der Waals surface area contributed by atoms with E-state index in [0.29, 0.717) is 18.6 Å². The van der Waals surface area contributed by atoms with Crippen LogP contribution in [0, 0.1) is 0 Å². The van der Waals surface area contributed by atoms with Gasteiger partial charge in [0.1, 0.15) is 10.5 Å². The van der Waals surface area contributed by atoms with Crippen molar-refractivity contribution in [2.24, 2.45) is 0 Å². The van der Waals surface area contributed by atoms with Crippen LogP contribution in [0.1, 0.15) is 33.1 Å². The molecule has 1 aliphatic rings. The van der Waals surface area contributed by atoms with Gasteiger partial charge in [-0.2, -0.15) is 0 Å². The summed E-state index contributed by atoms with van der Waals surface area (Å²) in [6.07, 6.45) is 3.75. The van der Waals surface area contributed by atoms with E-state index in [4.69, 9.17) is 4.98 Å². The van der Waals surface area contributed by atoms with E-state index in [1.807, 2.05) is 22.1 Å². The van der Waals surface area contributed by atoms with E-state index in [2.05, 4.69) is 67.3 Å². The number of piperidine rings is 1. The number of benzene rings is 2. The molecule has 1 aliphatic heterocycles. The predicted octanol–water partition coefficient (Wildman–Crippen LogP) is 6.05. The van der Waals surface area contributed by atoms with Crippen LogP contribution in [0.4, 0.5) is 0 Å². The molecule has 0 saturated carbocycles. The molecule has 5 rings (SSSR count). The third-order valence-corrected chi connectivity index (χ3v) is 7.67. The van der Waals surface area contributed by atoms with Gasteiger partial charge in [-0.15, -0.1) is 11.3 Å². The van der Waals surface area contributed by atoms with Gasteiger partial charge in [0, 0.05) is 30.7 Å². The highest BCUT2D eigenvalue weighted by atomic mass is 32.1. The molecule has 0 spiro atoms. The Morgan fingerprint density at radius 3 is 2.25 bits per heavy atom. The second kappa shape index (κ2) is 9.00. The molecule has 2 unspecified atom stereocenters. The summed E-state index contributed by atoms with van der Waals surface area (Å²) in [4.78, 5) is 20.9. The summed E-state index contributed by atoms with van der Waals surface area (Å²) in [6.45, 7) is 6.14. The number of thiophene rings is 1. The number of fused-ring (bicyclic) bond motifs is 1. The first-order valence-electron chi connectivity index (χ1n) is 11.5. The molecule has 32 heavy (non-hydrogen) atoms. The van der Waals surface area contributed by atoms with Crippen molar-refractivity contribution in [1.82, 2.24) is 14.5 Å². The molecule has 0 radical (unpaired) electrons. The van der Waals surface area contributed by atoms with Gasteiger partial charge in [-0.25, -0.2) is 4.98 Å². The lowest BCUT2D eigenvalue weighted by molar-refractivity contribution is 0.0989. The summed E-state index contributed by atoms with van der Waals surface area (Å²) in [5.41, 5.74) is 4.19. The zero-order chi connectivity index (χ0) is 22.1. The van der Waals surface area contributed by atoms with Crippen molar-refractivity contribution in [1.29, 1.82) is 0 Å². The zero-order valence-corrected chi connectivity index (χ0v) is 19.5. The second-order valence-electron chi connectivity index (χ2n) is 8.84. The van der Waals surface area contributed by atoms with E-state index in [1.54, 1.807) is 0 Å². The van der Waals surface area contributed by atoms with Crippen LogP contribution in [0.3, 0.4) is 0 Å². The number of nitrogens with zero attached hydrogens (tertiary/aromatic N) is 3. The van der Waals surface area contributed by atoms with Crippen LogP contribution in [0.25, 0.3) is 32.7 Å². The minimum absolute atomic E-state index is 0.0736. The molecule has 2 aromatic heterocycles. The summed E-state index contributed by atoms with van der Waals surface area (Å²) in [5, 5.41) is 1.96. The smallest absolute Gasteiger partial charge is 0.271 e. The fourth-order valence-electron chi connectivity index (χ4n) is 4.94. The highest BCUT2D eigenvalue weighted by molar-refractivity contribution is 7.17. The van der Waals surface area contributed by atoms with Crippen LogP contribution in [-0.4, -0.2) is 33.1 Å². The fourth-order valence-corrected chi connectivity index (χ4v) is 5.72. The molecular formula is C27H29N3OS. The maximum atomic E-state index is 13.4. The monoisotopic (exact) mass is 443 g/mol. The van der Waals surface area contributed by atoms with Crippen molar-refractivity contribution in [3.05, 3.63) is 76.4 Å². The minimum Gasteiger partial charge on any atom is -0.296 e. The molecule has 2 atom stereocenters. The number of hydrogen-bond donors (Lipinski definition) is 0. The number of aromatic nitrogens is 2. The molecule has 2 aromatic carbocycles. The number of likely N-dealkylation sites (tertiary alicyclic amines) is 1. The van der Waals surface area contributed by atoms with Crippen LogP contribution in [0.5, 0.6) is 0 Å². The molecule has 1 fully saturated rings. The third-order valence-electron chi connectivity index (χ3n) is 6.77. The molecule has 1 saturated heterocycles. The summed E-state index contributed by atoms with van der Waals surface area (Å²) >= 11 is 1.48. The Balaban J connectivity index is 1.51. The van der Waals surface area contributed by atoms with Gasteiger partial charge in [0.05, 0.1) is 5.52 Å². The third kappa shape index (κ3) is 4.03. The van der Waals surface area contributed by atoms with Gasteiger partial charge in [0.2, 0.25) is 0 Å². The summed E-state index contributed by atoms with van der Waals surface area (Å²) in [6, 6.07) is 21.8. The average Bonchev–Trinajstić information content (AvgIpc) is 3.30. The van der Waals surface area contributed by atoms with Gasteiger partial charge in [-0.05, 0) is 49.3 Å². The van der Waals surface area contributed by atoms with Gasteiger partial charge in [-0.1, -0.05) is 61.0 Å². The highest BCUT2D eigenvalue weighted by Crippen LogP contribution is 2.26. The topological polar surface area (TPSA) is 38.1 Å². The van der Waals surface area contributed by atoms with Crippen molar-refractivity contribution in [2.45, 2.75) is 51.7 Å². The fraction of sp³-hybridized carbons (Fsp3) is 0.333. The molecule has 5 heteroatoms. The predicted molar refractivity (Wildman–Crippen MR) is 134 cm³/mol. The number of rotatable bonds is 5. The lowest BCUT2D eigenvalue weighted by atomic mass is 9.97. The largest absolute Gasteiger partial charge is 0.296 e. The van der Waals surface area contributed by atoms with Gasteiger partial charge in [0.25, 0.3) is 5.56 Å². The first kappa shape index (κ1) is 21.1. The minimum atomic E-state index is 0.0736. The van der Waals surface area contributed by atoms with Gasteiger partial charge < -0.3 is 0 Å². The Hall–Kier alpha value is -2.76. The molecule has 3 heterocycles. The second-order valence-corrected chi connectivity index (χ2v) is 9.75. The summed E-state index contributed by atoms with van der Waals surface area (Å²) in [7, 11) is 0. The highest BCUT2D eigenvalue weighted by Gasteiger charge is 2.25. The normalized spacial score (nSPS) is 19.4. The quantitative estimate of drug-likeness (QED) is 0.377. The van der Waals surface area contributed by atoms with Crippen molar-refractivity contribution in [3.8, 4) is 22.5 Å². The van der Waals surface area contributed by atoms with Crippen LogP contribution in [-0.2, 0) is 6.54 Å². The van der Waals surface area contributed by atoms with Crippen LogP contribution < -0.4 is 5.56 Å². The Labute approximate surface area is 193 Å². The molecule has 0 N–H and O–H groups in total. The molecule has 4 nitrogen and oxygen atoms in total. The maximum absolute atomic E-state index is 13.4. The Bertz CT molecular complexity index is 1250. The Kier molecular flexibility index (Phi) is 5.94. The molecule has 0 bridgehead atoms. The molecule has 0 amide bonds. The lowest BCUT2D eigenvalue weighted by Crippen LogP contribution is -2.45. The summed E-state index contributed by atoms with van der Waals surface area (Å²) < 4.78 is 2.64. The van der Waals surface area contributed by atoms with Gasteiger partial charge >= 0.3 is 0 Å². The van der Waals surface area contributed by atoms with E-state index >= 15 is 0 Å². The van der Waals surface area contributed by atoms with Crippen molar-refractivity contribution >= 4 is 21.6 Å². The van der Waals surface area contributed by atoms with E-state index in [0.717, 1.165) is 33.7 Å². The Morgan fingerprint density at radius 2 is 1.53 bits per heavy atom. The van der Waals surface area contributed by atoms with E-state index in [-0.39, 0.29) is 5.56 Å². The lowest BCUT2D eigenvalue weighted by Gasteiger charge is -2.39.